The van der Waals surface area contributed by atoms with Crippen molar-refractivity contribution < 1.29 is 9.59 Å². The van der Waals surface area contributed by atoms with E-state index < -0.39 is 0 Å². The predicted molar refractivity (Wildman–Crippen MR) is 84.3 cm³/mol. The third-order valence-electron chi connectivity index (χ3n) is 4.59. The predicted octanol–water partition coefficient (Wildman–Crippen LogP) is 1.00. The summed E-state index contributed by atoms with van der Waals surface area (Å²) >= 11 is 0. The first-order valence-electron chi connectivity index (χ1n) is 8.08. The Morgan fingerprint density at radius 2 is 2.09 bits per heavy atom. The van der Waals surface area contributed by atoms with Crippen molar-refractivity contribution in [2.75, 3.05) is 19.6 Å². The summed E-state index contributed by atoms with van der Waals surface area (Å²) in [6.07, 6.45) is 2.08. The van der Waals surface area contributed by atoms with Crippen LogP contribution in [-0.4, -0.2) is 42.4 Å². The number of piperazine rings is 1. The number of benzene rings is 1. The normalized spacial score (nSPS) is 25.1. The maximum atomic E-state index is 12.7. The summed E-state index contributed by atoms with van der Waals surface area (Å²) < 4.78 is 0. The van der Waals surface area contributed by atoms with Gasteiger partial charge in [0.25, 0.3) is 0 Å². The van der Waals surface area contributed by atoms with Crippen molar-refractivity contribution >= 4 is 11.8 Å². The van der Waals surface area contributed by atoms with E-state index in [4.69, 9.17) is 0 Å². The van der Waals surface area contributed by atoms with E-state index in [0.29, 0.717) is 19.4 Å². The van der Waals surface area contributed by atoms with Gasteiger partial charge in [-0.2, -0.15) is 0 Å². The maximum Gasteiger partial charge on any atom is 0.245 e. The van der Waals surface area contributed by atoms with Crippen molar-refractivity contribution in [3.63, 3.8) is 0 Å². The van der Waals surface area contributed by atoms with Crippen LogP contribution >= 0.6 is 0 Å². The number of hydrogen-bond acceptors (Lipinski definition) is 3. The lowest BCUT2D eigenvalue weighted by molar-refractivity contribution is -0.137. The second-order valence-corrected chi connectivity index (χ2v) is 6.01. The highest BCUT2D eigenvalue weighted by molar-refractivity contribution is 5.91. The molecule has 0 aromatic heterocycles. The first kappa shape index (κ1) is 15.0. The number of carbonyl (C=O) groups is 2. The van der Waals surface area contributed by atoms with Crippen molar-refractivity contribution in [2.24, 2.45) is 0 Å². The molecule has 22 heavy (non-hydrogen) atoms. The van der Waals surface area contributed by atoms with Crippen molar-refractivity contribution in [1.82, 2.24) is 15.5 Å². The first-order chi connectivity index (χ1) is 10.7. The lowest BCUT2D eigenvalue weighted by atomic mass is 10.00. The average molecular weight is 301 g/mol. The van der Waals surface area contributed by atoms with Gasteiger partial charge in [-0.3, -0.25) is 9.59 Å². The highest BCUT2D eigenvalue weighted by atomic mass is 16.2. The van der Waals surface area contributed by atoms with Crippen LogP contribution in [0.5, 0.6) is 0 Å². The van der Waals surface area contributed by atoms with Crippen molar-refractivity contribution in [1.29, 1.82) is 0 Å². The molecule has 5 heteroatoms. The van der Waals surface area contributed by atoms with E-state index in [1.54, 1.807) is 0 Å². The summed E-state index contributed by atoms with van der Waals surface area (Å²) in [5.74, 6) is 0.0363. The third kappa shape index (κ3) is 2.99. The summed E-state index contributed by atoms with van der Waals surface area (Å²) in [4.78, 5) is 26.0. The molecular weight excluding hydrogens is 278 g/mol. The highest BCUT2D eigenvalue weighted by Gasteiger charge is 2.35. The Bertz CT molecular complexity index is 556. The Morgan fingerprint density at radius 1 is 1.32 bits per heavy atom. The third-order valence-corrected chi connectivity index (χ3v) is 4.59. The Balaban J connectivity index is 1.78. The van der Waals surface area contributed by atoms with Crippen LogP contribution in [0, 0.1) is 0 Å². The summed E-state index contributed by atoms with van der Waals surface area (Å²) in [5, 5.41) is 6.16. The number of nitrogens with zero attached hydrogens (tertiary/aromatic N) is 1. The van der Waals surface area contributed by atoms with Gasteiger partial charge in [0.15, 0.2) is 0 Å². The van der Waals surface area contributed by atoms with Crippen LogP contribution in [0.2, 0.25) is 0 Å². The molecule has 2 aliphatic rings. The molecule has 2 heterocycles. The van der Waals surface area contributed by atoms with Gasteiger partial charge in [-0.15, -0.1) is 0 Å². The molecular formula is C17H23N3O2. The number of rotatable bonds is 3. The van der Waals surface area contributed by atoms with Gasteiger partial charge in [0.2, 0.25) is 11.8 Å². The van der Waals surface area contributed by atoms with Gasteiger partial charge in [-0.05, 0) is 24.0 Å². The molecule has 2 amide bonds. The molecule has 2 fully saturated rings. The molecule has 118 valence electrons. The fourth-order valence-corrected chi connectivity index (χ4v) is 3.24. The molecule has 2 N–H and O–H groups in total. The van der Waals surface area contributed by atoms with Gasteiger partial charge in [0.1, 0.15) is 6.04 Å². The second kappa shape index (κ2) is 6.48. The zero-order chi connectivity index (χ0) is 15.5. The maximum absolute atomic E-state index is 12.7. The molecule has 0 aliphatic carbocycles. The van der Waals surface area contributed by atoms with Crippen LogP contribution in [0.25, 0.3) is 0 Å². The quantitative estimate of drug-likeness (QED) is 0.875. The van der Waals surface area contributed by atoms with Gasteiger partial charge in [0.05, 0.1) is 6.04 Å². The van der Waals surface area contributed by atoms with Crippen LogP contribution in [0.3, 0.4) is 0 Å². The molecule has 3 rings (SSSR count). The van der Waals surface area contributed by atoms with Crippen molar-refractivity contribution in [3.8, 4) is 0 Å². The summed E-state index contributed by atoms with van der Waals surface area (Å²) in [5.41, 5.74) is 2.45. The van der Waals surface area contributed by atoms with Crippen LogP contribution < -0.4 is 10.6 Å². The van der Waals surface area contributed by atoms with Crippen LogP contribution in [-0.2, 0) is 16.0 Å². The fraction of sp³-hybridized carbons (Fsp3) is 0.529. The fourth-order valence-electron chi connectivity index (χ4n) is 3.24. The van der Waals surface area contributed by atoms with Gasteiger partial charge in [-0.25, -0.2) is 0 Å². The number of nitrogens with one attached hydrogen (secondary N) is 2. The molecule has 2 saturated heterocycles. The van der Waals surface area contributed by atoms with Crippen molar-refractivity contribution in [3.05, 3.63) is 35.4 Å². The molecule has 2 atom stereocenters. The molecule has 0 spiro atoms. The lowest BCUT2D eigenvalue weighted by Crippen LogP contribution is -2.53. The number of aryl methyl sites for hydroxylation is 1. The Labute approximate surface area is 131 Å². The van der Waals surface area contributed by atoms with Crippen LogP contribution in [0.4, 0.5) is 0 Å². The van der Waals surface area contributed by atoms with Crippen LogP contribution in [0.1, 0.15) is 36.9 Å². The smallest absolute Gasteiger partial charge is 0.245 e. The second-order valence-electron chi connectivity index (χ2n) is 6.01. The minimum absolute atomic E-state index is 0.0164. The largest absolute Gasteiger partial charge is 0.344 e. The molecule has 0 bridgehead atoms. The van der Waals surface area contributed by atoms with E-state index in [-0.39, 0.29) is 23.9 Å². The number of amides is 2. The summed E-state index contributed by atoms with van der Waals surface area (Å²) in [6, 6.07) is 8.19. The summed E-state index contributed by atoms with van der Waals surface area (Å²) in [7, 11) is 0. The molecule has 0 saturated carbocycles. The zero-order valence-electron chi connectivity index (χ0n) is 13.0. The van der Waals surface area contributed by atoms with E-state index in [1.807, 2.05) is 4.90 Å². The Morgan fingerprint density at radius 3 is 2.73 bits per heavy atom. The monoisotopic (exact) mass is 301 g/mol. The van der Waals surface area contributed by atoms with E-state index in [9.17, 15) is 9.59 Å². The van der Waals surface area contributed by atoms with Gasteiger partial charge in [-0.1, -0.05) is 31.2 Å². The minimum atomic E-state index is -0.344. The van der Waals surface area contributed by atoms with Gasteiger partial charge >= 0.3 is 0 Å². The molecule has 1 aromatic rings. The van der Waals surface area contributed by atoms with Gasteiger partial charge in [0, 0.05) is 26.1 Å². The average Bonchev–Trinajstić information content (AvgIpc) is 3.01. The highest BCUT2D eigenvalue weighted by Crippen LogP contribution is 2.25. The minimum Gasteiger partial charge on any atom is -0.344 e. The van der Waals surface area contributed by atoms with E-state index >= 15 is 0 Å². The molecule has 2 unspecified atom stereocenters. The van der Waals surface area contributed by atoms with E-state index in [2.05, 4.69) is 41.8 Å². The summed E-state index contributed by atoms with van der Waals surface area (Å²) in [6.45, 7) is 4.38. The molecule has 2 aliphatic heterocycles. The van der Waals surface area contributed by atoms with Crippen molar-refractivity contribution in [2.45, 2.75) is 38.3 Å². The number of carbonyl (C=O) groups excluding carboxylic acids is 2. The standard InChI is InChI=1S/C17H23N3O2/c1-2-12-3-5-13(6-4-12)15-11-18-9-10-20(15)17(22)14-7-8-16(21)19-14/h3-6,14-15,18H,2,7-11H2,1H3,(H,19,21). The topological polar surface area (TPSA) is 61.4 Å². The number of hydrogen-bond donors (Lipinski definition) is 2. The van der Waals surface area contributed by atoms with Crippen LogP contribution in [0.15, 0.2) is 24.3 Å². The lowest BCUT2D eigenvalue weighted by Gasteiger charge is -2.38. The first-order valence-corrected chi connectivity index (χ1v) is 8.08. The van der Waals surface area contributed by atoms with E-state index in [0.717, 1.165) is 25.1 Å². The Kier molecular flexibility index (Phi) is 4.43. The van der Waals surface area contributed by atoms with Gasteiger partial charge < -0.3 is 15.5 Å². The molecule has 0 radical (unpaired) electrons. The molecule has 5 nitrogen and oxygen atoms in total. The van der Waals surface area contributed by atoms with E-state index in [1.165, 1.54) is 5.56 Å². The molecule has 1 aromatic carbocycles. The Hall–Kier alpha value is -1.88. The zero-order valence-corrected chi connectivity index (χ0v) is 13.0. The SMILES string of the molecule is CCc1ccc(C2CNCCN2C(=O)C2CCC(=O)N2)cc1.